The molecule has 0 saturated carbocycles. The van der Waals surface area contributed by atoms with Crippen molar-refractivity contribution in [3.05, 3.63) is 249 Å². The van der Waals surface area contributed by atoms with Crippen LogP contribution in [0, 0.1) is 0 Å². The van der Waals surface area contributed by atoms with E-state index in [2.05, 4.69) is 246 Å². The van der Waals surface area contributed by atoms with Gasteiger partial charge in [0, 0.05) is 49.6 Å². The zero-order chi connectivity index (χ0) is 45.0. The molecule has 0 aliphatic rings. The third kappa shape index (κ3) is 6.84. The molecule has 0 saturated heterocycles. The van der Waals surface area contributed by atoms with Gasteiger partial charge < -0.3 is 9.13 Å². The molecule has 0 unspecified atom stereocenters. The van der Waals surface area contributed by atoms with Crippen LogP contribution in [-0.4, -0.2) is 24.1 Å². The number of fused-ring (bicyclic) bond motifs is 6. The summed E-state index contributed by atoms with van der Waals surface area (Å²) in [5.41, 5.74) is 16.1. The van der Waals surface area contributed by atoms with Gasteiger partial charge in [0.25, 0.3) is 0 Å². The van der Waals surface area contributed by atoms with Gasteiger partial charge in [-0.3, -0.25) is 0 Å². The lowest BCUT2D eigenvalue weighted by atomic mass is 10.0. The molecule has 13 rings (SSSR count). The highest BCUT2D eigenvalue weighted by atomic mass is 15.0. The molecule has 0 amide bonds. The van der Waals surface area contributed by atoms with E-state index in [1.807, 2.05) is 12.1 Å². The van der Waals surface area contributed by atoms with E-state index >= 15 is 0 Å². The van der Waals surface area contributed by atoms with Crippen LogP contribution in [0.4, 0.5) is 0 Å². The first kappa shape index (κ1) is 39.2. The summed E-state index contributed by atoms with van der Waals surface area (Å²) in [6, 6.07) is 88.2. The van der Waals surface area contributed by atoms with Crippen LogP contribution in [0.15, 0.2) is 249 Å². The monoisotopic (exact) mass is 867 g/mol. The zero-order valence-corrected chi connectivity index (χ0v) is 36.9. The summed E-state index contributed by atoms with van der Waals surface area (Å²) in [6.07, 6.45) is 0. The van der Waals surface area contributed by atoms with Crippen LogP contribution >= 0.6 is 0 Å². The third-order valence-corrected chi connectivity index (χ3v) is 13.1. The van der Waals surface area contributed by atoms with Crippen LogP contribution in [0.3, 0.4) is 0 Å². The van der Waals surface area contributed by atoms with Gasteiger partial charge in [-0.25, -0.2) is 15.0 Å². The van der Waals surface area contributed by atoms with Gasteiger partial charge in [0.2, 0.25) is 0 Å². The lowest BCUT2D eigenvalue weighted by molar-refractivity contribution is 1.07. The Hall–Kier alpha value is -9.19. The van der Waals surface area contributed by atoms with Crippen LogP contribution < -0.4 is 0 Å². The van der Waals surface area contributed by atoms with Crippen molar-refractivity contribution in [2.75, 3.05) is 0 Å². The number of rotatable bonds is 8. The second kappa shape index (κ2) is 16.4. The standard InChI is InChI=1S/C63H41N5/c1-4-17-42(18-5-1)45-31-33-46(34-32-45)61-64-62(48-24-16-23-47(37-48)43-19-6-2-7-20-43)66-63(65-61)50-38-49(44-21-8-3-9-22-44)39-52(40-50)68-59-30-15-12-27-55(59)56-41-51(35-36-60(56)68)67-57-28-13-10-25-53(57)54-26-11-14-29-58(54)67/h1-41H. The van der Waals surface area contributed by atoms with Gasteiger partial charge in [0.15, 0.2) is 17.5 Å². The van der Waals surface area contributed by atoms with Crippen LogP contribution in [0.2, 0.25) is 0 Å². The minimum absolute atomic E-state index is 0.593. The normalized spacial score (nSPS) is 11.5. The smallest absolute Gasteiger partial charge is 0.164 e. The van der Waals surface area contributed by atoms with E-state index in [0.29, 0.717) is 17.5 Å². The molecule has 5 nitrogen and oxygen atoms in total. The first-order valence-electron chi connectivity index (χ1n) is 23.0. The maximum atomic E-state index is 5.34. The summed E-state index contributed by atoms with van der Waals surface area (Å²) < 4.78 is 4.79. The molecule has 68 heavy (non-hydrogen) atoms. The number of hydrogen-bond donors (Lipinski definition) is 0. The van der Waals surface area contributed by atoms with E-state index in [0.717, 1.165) is 72.5 Å². The van der Waals surface area contributed by atoms with E-state index in [1.165, 1.54) is 32.6 Å². The Morgan fingerprint density at radius 2 is 0.588 bits per heavy atom. The maximum Gasteiger partial charge on any atom is 0.164 e. The van der Waals surface area contributed by atoms with Crippen molar-refractivity contribution < 1.29 is 0 Å². The van der Waals surface area contributed by atoms with Gasteiger partial charge in [0.05, 0.1) is 22.1 Å². The van der Waals surface area contributed by atoms with Gasteiger partial charge in [-0.2, -0.15) is 0 Å². The van der Waals surface area contributed by atoms with Crippen LogP contribution in [0.25, 0.3) is 123 Å². The number of para-hydroxylation sites is 3. The fourth-order valence-electron chi connectivity index (χ4n) is 9.92. The summed E-state index contributed by atoms with van der Waals surface area (Å²) in [5.74, 6) is 1.81. The van der Waals surface area contributed by atoms with Gasteiger partial charge in [0.1, 0.15) is 0 Å². The average molecular weight is 868 g/mol. The third-order valence-electron chi connectivity index (χ3n) is 13.1. The Kier molecular flexibility index (Phi) is 9.43. The van der Waals surface area contributed by atoms with Crippen LogP contribution in [0.1, 0.15) is 0 Å². The molecule has 318 valence electrons. The highest BCUT2D eigenvalue weighted by molar-refractivity contribution is 6.12. The maximum absolute atomic E-state index is 5.34. The Morgan fingerprint density at radius 1 is 0.206 bits per heavy atom. The molecule has 13 aromatic rings. The molecule has 0 N–H and O–H groups in total. The molecule has 0 aliphatic heterocycles. The Balaban J connectivity index is 1.02. The van der Waals surface area contributed by atoms with Crippen molar-refractivity contribution >= 4 is 43.6 Å². The minimum Gasteiger partial charge on any atom is -0.309 e. The van der Waals surface area contributed by atoms with Crippen molar-refractivity contribution in [3.63, 3.8) is 0 Å². The molecule has 0 bridgehead atoms. The predicted molar refractivity (Wildman–Crippen MR) is 281 cm³/mol. The van der Waals surface area contributed by atoms with Crippen molar-refractivity contribution in [1.82, 2.24) is 24.1 Å². The molecule has 3 aromatic heterocycles. The lowest BCUT2D eigenvalue weighted by Gasteiger charge is -2.15. The molecule has 10 aromatic carbocycles. The summed E-state index contributed by atoms with van der Waals surface area (Å²) in [6.45, 7) is 0. The Labute approximate surface area is 393 Å². The van der Waals surface area contributed by atoms with Gasteiger partial charge in [-0.05, 0) is 94.0 Å². The van der Waals surface area contributed by atoms with Crippen LogP contribution in [-0.2, 0) is 0 Å². The predicted octanol–water partition coefficient (Wildman–Crippen LogP) is 16.1. The second-order valence-electron chi connectivity index (χ2n) is 17.3. The van der Waals surface area contributed by atoms with E-state index < -0.39 is 0 Å². The van der Waals surface area contributed by atoms with E-state index in [-0.39, 0.29) is 0 Å². The molecule has 0 aliphatic carbocycles. The SMILES string of the molecule is c1ccc(-c2ccc(-c3nc(-c4cccc(-c5ccccc5)c4)nc(-c4cc(-c5ccccc5)cc(-n5c6ccccc6c6cc(-n7c8ccccc8c8ccccc87)ccc65)c4)n3)cc2)cc1. The fourth-order valence-corrected chi connectivity index (χ4v) is 9.92. The summed E-state index contributed by atoms with van der Waals surface area (Å²) >= 11 is 0. The number of hydrogen-bond acceptors (Lipinski definition) is 3. The van der Waals surface area contributed by atoms with Gasteiger partial charge >= 0.3 is 0 Å². The van der Waals surface area contributed by atoms with Gasteiger partial charge in [-0.15, -0.1) is 0 Å². The first-order valence-corrected chi connectivity index (χ1v) is 23.0. The molecule has 0 atom stereocenters. The summed E-state index contributed by atoms with van der Waals surface area (Å²) in [4.78, 5) is 15.9. The van der Waals surface area contributed by atoms with E-state index in [4.69, 9.17) is 15.0 Å². The molecule has 0 fully saturated rings. The fraction of sp³-hybridized carbons (Fsp3) is 0. The summed E-state index contributed by atoms with van der Waals surface area (Å²) in [7, 11) is 0. The number of nitrogens with zero attached hydrogens (tertiary/aromatic N) is 5. The molecule has 5 heteroatoms. The van der Waals surface area contributed by atoms with Crippen molar-refractivity contribution in [3.8, 4) is 78.9 Å². The molecular weight excluding hydrogens is 827 g/mol. The highest BCUT2D eigenvalue weighted by Crippen LogP contribution is 2.39. The van der Waals surface area contributed by atoms with Crippen molar-refractivity contribution in [2.24, 2.45) is 0 Å². The molecule has 0 spiro atoms. The van der Waals surface area contributed by atoms with Crippen molar-refractivity contribution in [2.45, 2.75) is 0 Å². The largest absolute Gasteiger partial charge is 0.309 e. The van der Waals surface area contributed by atoms with Crippen molar-refractivity contribution in [1.29, 1.82) is 0 Å². The average Bonchev–Trinajstić information content (AvgIpc) is 3.94. The van der Waals surface area contributed by atoms with Crippen LogP contribution in [0.5, 0.6) is 0 Å². The number of aromatic nitrogens is 5. The quantitative estimate of drug-likeness (QED) is 0.153. The molecule has 0 radical (unpaired) electrons. The zero-order valence-electron chi connectivity index (χ0n) is 36.9. The summed E-state index contributed by atoms with van der Waals surface area (Å²) in [5, 5.41) is 4.84. The lowest BCUT2D eigenvalue weighted by Crippen LogP contribution is -2.02. The Morgan fingerprint density at radius 3 is 1.19 bits per heavy atom. The minimum atomic E-state index is 0.593. The first-order chi connectivity index (χ1) is 33.7. The Bertz CT molecular complexity index is 3950. The van der Waals surface area contributed by atoms with Gasteiger partial charge in [-0.1, -0.05) is 188 Å². The molecule has 3 heterocycles. The van der Waals surface area contributed by atoms with E-state index in [1.54, 1.807) is 0 Å². The van der Waals surface area contributed by atoms with E-state index in [9.17, 15) is 0 Å². The highest BCUT2D eigenvalue weighted by Gasteiger charge is 2.20. The second-order valence-corrected chi connectivity index (χ2v) is 17.3. The topological polar surface area (TPSA) is 48.5 Å². The number of benzene rings is 10. The molecular formula is C63H41N5.